The van der Waals surface area contributed by atoms with Gasteiger partial charge in [0.2, 0.25) is 29.5 Å². The van der Waals surface area contributed by atoms with Crippen LogP contribution in [0.25, 0.3) is 0 Å². The van der Waals surface area contributed by atoms with Gasteiger partial charge in [-0.15, -0.1) is 0 Å². The van der Waals surface area contributed by atoms with Crippen LogP contribution in [-0.2, 0) is 95.0 Å². The van der Waals surface area contributed by atoms with Crippen molar-refractivity contribution in [3.8, 4) is 0 Å². The van der Waals surface area contributed by atoms with Gasteiger partial charge in [0.1, 0.15) is 195 Å². The quantitative estimate of drug-likeness (QED) is 0.0363. The van der Waals surface area contributed by atoms with Gasteiger partial charge in [0.15, 0.2) is 50.3 Å². The normalized spacial score (nSPS) is 47.2. The van der Waals surface area contributed by atoms with Gasteiger partial charge in [-0.3, -0.25) is 24.0 Å². The summed E-state index contributed by atoms with van der Waals surface area (Å²) in [7, 11) is 0. The molecular weight excluding hydrogens is 1420 g/mol. The van der Waals surface area contributed by atoms with Crippen LogP contribution in [-0.4, -0.2) is 435 Å². The van der Waals surface area contributed by atoms with Crippen molar-refractivity contribution in [1.29, 1.82) is 0 Å². The van der Waals surface area contributed by atoms with E-state index < -0.39 is 328 Å². The molecule has 0 aromatic heterocycles. The van der Waals surface area contributed by atoms with Gasteiger partial charge in [-0.05, 0) is 0 Å². The maximum absolute atomic E-state index is 12.9. The molecule has 8 fully saturated rings. The lowest BCUT2D eigenvalue weighted by Gasteiger charge is -2.51. The van der Waals surface area contributed by atoms with Crippen LogP contribution in [0.5, 0.6) is 0 Å². The Kier molecular flexibility index (Phi) is 30.9. The molecule has 46 heteroatoms. The number of ether oxygens (including phenoxy) is 15. The summed E-state index contributed by atoms with van der Waals surface area (Å²) >= 11 is 0. The Morgan fingerprint density at radius 3 is 0.875 bits per heavy atom. The first-order chi connectivity index (χ1) is 49.2. The maximum atomic E-state index is 12.9. The van der Waals surface area contributed by atoms with Crippen molar-refractivity contribution in [2.24, 2.45) is 0 Å². The van der Waals surface area contributed by atoms with E-state index in [0.29, 0.717) is 0 Å². The summed E-state index contributed by atoms with van der Waals surface area (Å²) < 4.78 is 89.3. The topological polar surface area (TPSA) is 709 Å². The first-order valence-electron chi connectivity index (χ1n) is 33.1. The van der Waals surface area contributed by atoms with E-state index >= 15 is 0 Å². The number of nitrogens with one attached hydrogen (secondary N) is 5. The molecule has 0 radical (unpaired) electrons. The lowest BCUT2D eigenvalue weighted by Crippen LogP contribution is -2.71. The average molecular weight is 1520 g/mol. The summed E-state index contributed by atoms with van der Waals surface area (Å²) in [4.78, 5) is 62.6. The lowest BCUT2D eigenvalue weighted by atomic mass is 9.93. The number of carbonyl (C=O) groups is 5. The molecule has 46 nitrogen and oxygen atoms in total. The van der Waals surface area contributed by atoms with Crippen molar-refractivity contribution in [1.82, 2.24) is 26.6 Å². The Labute approximate surface area is 589 Å². The third kappa shape index (κ3) is 19.2. The molecule has 8 saturated heterocycles. The van der Waals surface area contributed by atoms with Crippen LogP contribution in [0.2, 0.25) is 0 Å². The molecule has 0 bridgehead atoms. The molecule has 8 rings (SSSR count). The van der Waals surface area contributed by atoms with Gasteiger partial charge >= 0.3 is 0 Å². The van der Waals surface area contributed by atoms with E-state index in [-0.39, 0.29) is 0 Å². The molecule has 8 aliphatic rings. The van der Waals surface area contributed by atoms with Crippen LogP contribution in [0.4, 0.5) is 0 Å². The second-order valence-electron chi connectivity index (χ2n) is 26.1. The summed E-state index contributed by atoms with van der Waals surface area (Å²) in [6.45, 7) is -3.56. The first kappa shape index (κ1) is 85.5. The van der Waals surface area contributed by atoms with E-state index in [1.165, 1.54) is 0 Å². The predicted octanol–water partition coefficient (Wildman–Crippen LogP) is -17.7. The molecule has 0 spiro atoms. The minimum absolute atomic E-state index is 0.771. The molecule has 0 aromatic carbocycles. The summed E-state index contributed by atoms with van der Waals surface area (Å²) in [5.41, 5.74) is 0. The standard InChI is InChI=1S/C58H97N5O41/c1-14(71)59-27-39(83)45(23(10-68)91-51(27)89)99-54-30(62-17(4)74)41(85)47(25(12-70)96-54)101-56-44(88)48(102-58-50(43(87)35(79)22(9-67)95-58)104-53-29(61-16(3)73)38(82)33(77)20(7-65)93-53)36(80)26(98-56)13-90-57-49(42(86)34(78)21(8-66)94-57)103-55-31(63-18(5)75)40(84)46(24(11-69)97-55)100-52-28(60-15(2)72)37(81)32(76)19(6-64)92-52/h19-58,64-70,76-89H,6-13H2,1-5H3,(H,59,71)(H,60,72)(H,61,73)(H,62,74)(H,63,75)/t19-,20-,21-,22-,23-,24-,25-,26-,27-,28-,29-,30-,31-,32-,33-,34-,35-,36-,37-,38-,39-,40-,41-,42+,43+,44+,45-,46-,47-,48+,49+,50+,51-,52+,53+,54+,55+,56+,57+,58-/m1/s1. The molecule has 0 aliphatic carbocycles. The Morgan fingerprint density at radius 1 is 0.250 bits per heavy atom. The van der Waals surface area contributed by atoms with Gasteiger partial charge in [-0.25, -0.2) is 0 Å². The highest BCUT2D eigenvalue weighted by molar-refractivity contribution is 5.75. The summed E-state index contributed by atoms with van der Waals surface area (Å²) in [6, 6.07) is -8.78. The van der Waals surface area contributed by atoms with Crippen LogP contribution >= 0.6 is 0 Å². The van der Waals surface area contributed by atoms with Crippen molar-refractivity contribution < 1.29 is 202 Å². The third-order valence-electron chi connectivity index (χ3n) is 18.7. The zero-order valence-corrected chi connectivity index (χ0v) is 56.3. The van der Waals surface area contributed by atoms with E-state index in [9.17, 15) is 131 Å². The van der Waals surface area contributed by atoms with Gasteiger partial charge < -0.3 is 205 Å². The van der Waals surface area contributed by atoms with Crippen molar-refractivity contribution in [3.05, 3.63) is 0 Å². The molecule has 0 saturated carbocycles. The molecule has 8 aliphatic heterocycles. The minimum atomic E-state index is -2.51. The molecule has 26 N–H and O–H groups in total. The summed E-state index contributed by atoms with van der Waals surface area (Å²) in [5.74, 6) is -4.24. The molecule has 104 heavy (non-hydrogen) atoms. The molecule has 0 aromatic rings. The fourth-order valence-corrected chi connectivity index (χ4v) is 13.4. The van der Waals surface area contributed by atoms with Crippen LogP contribution < -0.4 is 26.6 Å². The highest BCUT2D eigenvalue weighted by Crippen LogP contribution is 2.39. The number of amides is 5. The van der Waals surface area contributed by atoms with E-state index in [0.717, 1.165) is 34.6 Å². The lowest BCUT2D eigenvalue weighted by molar-refractivity contribution is -0.396. The van der Waals surface area contributed by atoms with Crippen molar-refractivity contribution in [2.75, 3.05) is 52.9 Å². The van der Waals surface area contributed by atoms with Crippen LogP contribution in [0.15, 0.2) is 0 Å². The summed E-state index contributed by atoms with van der Waals surface area (Å²) in [5, 5.41) is 245. The van der Waals surface area contributed by atoms with Crippen LogP contribution in [0.1, 0.15) is 34.6 Å². The van der Waals surface area contributed by atoms with Crippen molar-refractivity contribution in [2.45, 2.75) is 280 Å². The Bertz CT molecular complexity index is 2770. The monoisotopic (exact) mass is 1520 g/mol. The van der Waals surface area contributed by atoms with Gasteiger partial charge in [0.05, 0.1) is 52.9 Å². The zero-order valence-electron chi connectivity index (χ0n) is 56.3. The predicted molar refractivity (Wildman–Crippen MR) is 322 cm³/mol. The Morgan fingerprint density at radius 2 is 0.510 bits per heavy atom. The Balaban J connectivity index is 1.14. The average Bonchev–Trinajstić information content (AvgIpc) is 0.773. The summed E-state index contributed by atoms with van der Waals surface area (Å²) in [6.07, 6.45) is -71.2. The highest BCUT2D eigenvalue weighted by Gasteiger charge is 2.60. The fourth-order valence-electron chi connectivity index (χ4n) is 13.4. The molecular formula is C58H97N5O41. The molecule has 40 atom stereocenters. The maximum Gasteiger partial charge on any atom is 0.217 e. The van der Waals surface area contributed by atoms with Gasteiger partial charge in [-0.1, -0.05) is 0 Å². The number of aliphatic hydroxyl groups excluding tert-OH is 21. The van der Waals surface area contributed by atoms with Crippen molar-refractivity contribution >= 4 is 29.5 Å². The smallest absolute Gasteiger partial charge is 0.217 e. The van der Waals surface area contributed by atoms with E-state index in [1.807, 2.05) is 0 Å². The van der Waals surface area contributed by atoms with E-state index in [2.05, 4.69) is 26.6 Å². The number of carbonyl (C=O) groups excluding carboxylic acids is 5. The molecule has 8 heterocycles. The molecule has 5 amide bonds. The van der Waals surface area contributed by atoms with Crippen LogP contribution in [0, 0.1) is 0 Å². The first-order valence-corrected chi connectivity index (χ1v) is 33.1. The van der Waals surface area contributed by atoms with Gasteiger partial charge in [-0.2, -0.15) is 0 Å². The Hall–Kier alpha value is -4.09. The van der Waals surface area contributed by atoms with E-state index in [1.54, 1.807) is 0 Å². The number of aliphatic hydroxyl groups is 21. The van der Waals surface area contributed by atoms with E-state index in [4.69, 9.17) is 71.1 Å². The molecule has 0 unspecified atom stereocenters. The SMILES string of the molecule is CC(=O)N[C@@H]1[C@@H](O)[C@H](O[C@@H]2O[C@H](CO)[C@@H](O[C@@H]3O[C@H](CO[C@H]4O[C@H](CO)[C@@H](O)[C@H](O)[C@@H]4O[C@@H]4O[C@H](CO)[C@@H](O[C@@H]5O[C@H](CO)[C@@H](O)[C@H](O)[C@H]5NC(C)=O)[C@H](O)[C@H]4NC(C)=O)[C@@H](O)[C@H](O[C@H]4O[C@H](CO)[C@@H](O)[C@H](O)[C@@H]4O[C@@H]4O[C@H](CO)[C@@H](O)[C@H](O)[C@H]4NC(C)=O)[C@@H]3O)[C@H](O)[C@H]2NC(C)=O)[C@@H](CO)O[C@H]1O. The van der Waals surface area contributed by atoms with Crippen LogP contribution in [0.3, 0.4) is 0 Å². The number of hydrogen-bond donors (Lipinski definition) is 26. The third-order valence-corrected chi connectivity index (χ3v) is 18.7. The number of hydrogen-bond acceptors (Lipinski definition) is 41. The second-order valence-corrected chi connectivity index (χ2v) is 26.1. The van der Waals surface area contributed by atoms with Gasteiger partial charge in [0.25, 0.3) is 0 Å². The van der Waals surface area contributed by atoms with Gasteiger partial charge in [0, 0.05) is 34.6 Å². The zero-order chi connectivity index (χ0) is 76.8. The van der Waals surface area contributed by atoms with Crippen molar-refractivity contribution in [3.63, 3.8) is 0 Å². The second kappa shape index (κ2) is 37.5. The largest absolute Gasteiger partial charge is 0.394 e. The highest BCUT2D eigenvalue weighted by atomic mass is 16.8. The number of rotatable bonds is 27. The minimum Gasteiger partial charge on any atom is -0.394 e. The fraction of sp³-hybridized carbons (Fsp3) is 0.914. The molecule has 600 valence electrons.